The third-order valence-corrected chi connectivity index (χ3v) is 3.83. The van der Waals surface area contributed by atoms with Crippen molar-refractivity contribution in [2.24, 2.45) is 0 Å². The van der Waals surface area contributed by atoms with Crippen LogP contribution in [0.1, 0.15) is 34.4 Å². The van der Waals surface area contributed by atoms with Gasteiger partial charge in [0.25, 0.3) is 5.91 Å². The minimum atomic E-state index is 0.00569. The molecule has 5 heteroatoms. The Kier molecular flexibility index (Phi) is 3.56. The second-order valence-electron chi connectivity index (χ2n) is 4.21. The Labute approximate surface area is 99.5 Å². The van der Waals surface area contributed by atoms with E-state index in [0.717, 1.165) is 24.4 Å². The first kappa shape index (κ1) is 11.5. The van der Waals surface area contributed by atoms with Crippen LogP contribution in [0.5, 0.6) is 0 Å². The van der Waals surface area contributed by atoms with E-state index >= 15 is 0 Å². The van der Waals surface area contributed by atoms with Crippen LogP contribution < -0.4 is 10.6 Å². The summed E-state index contributed by atoms with van der Waals surface area (Å²) in [6.07, 6.45) is 3.82. The van der Waals surface area contributed by atoms with Gasteiger partial charge in [-0.05, 0) is 33.2 Å². The molecule has 16 heavy (non-hydrogen) atoms. The second kappa shape index (κ2) is 4.93. The molecule has 1 saturated heterocycles. The van der Waals surface area contributed by atoms with E-state index in [2.05, 4.69) is 22.5 Å². The van der Waals surface area contributed by atoms with Crippen LogP contribution in [0.2, 0.25) is 0 Å². The molecule has 0 spiro atoms. The van der Waals surface area contributed by atoms with Gasteiger partial charge in [-0.1, -0.05) is 0 Å². The molecular formula is C11H17N3OS. The van der Waals surface area contributed by atoms with Crippen molar-refractivity contribution in [2.45, 2.75) is 38.8 Å². The van der Waals surface area contributed by atoms with Crippen molar-refractivity contribution in [3.63, 3.8) is 0 Å². The van der Waals surface area contributed by atoms with Crippen molar-refractivity contribution in [1.82, 2.24) is 15.6 Å². The van der Waals surface area contributed by atoms with Crippen molar-refractivity contribution in [1.29, 1.82) is 0 Å². The minimum Gasteiger partial charge on any atom is -0.347 e. The SMILES string of the molecule is Cc1ncc(C(=O)NC2CCCNC2C)s1. The maximum absolute atomic E-state index is 11.9. The molecule has 0 aliphatic carbocycles. The van der Waals surface area contributed by atoms with Crippen molar-refractivity contribution < 1.29 is 4.79 Å². The van der Waals surface area contributed by atoms with E-state index in [-0.39, 0.29) is 11.9 Å². The summed E-state index contributed by atoms with van der Waals surface area (Å²) >= 11 is 1.44. The van der Waals surface area contributed by atoms with Gasteiger partial charge in [0.2, 0.25) is 0 Å². The van der Waals surface area contributed by atoms with Crippen LogP contribution in [0.4, 0.5) is 0 Å². The monoisotopic (exact) mass is 239 g/mol. The molecule has 1 aromatic heterocycles. The first-order valence-corrected chi connectivity index (χ1v) is 6.45. The van der Waals surface area contributed by atoms with Gasteiger partial charge in [-0.15, -0.1) is 11.3 Å². The van der Waals surface area contributed by atoms with Gasteiger partial charge in [0, 0.05) is 12.1 Å². The highest BCUT2D eigenvalue weighted by Gasteiger charge is 2.23. The number of piperidine rings is 1. The highest BCUT2D eigenvalue weighted by Crippen LogP contribution is 2.13. The zero-order valence-electron chi connectivity index (χ0n) is 9.62. The normalized spacial score (nSPS) is 25.4. The molecule has 1 aliphatic heterocycles. The smallest absolute Gasteiger partial charge is 0.263 e. The number of hydrogen-bond acceptors (Lipinski definition) is 4. The Bertz CT molecular complexity index is 377. The van der Waals surface area contributed by atoms with Crippen LogP contribution in [0.25, 0.3) is 0 Å². The highest BCUT2D eigenvalue weighted by atomic mass is 32.1. The largest absolute Gasteiger partial charge is 0.347 e. The summed E-state index contributed by atoms with van der Waals surface area (Å²) in [5, 5.41) is 7.36. The van der Waals surface area contributed by atoms with Crippen LogP contribution in [0, 0.1) is 6.92 Å². The molecule has 88 valence electrons. The van der Waals surface area contributed by atoms with E-state index in [4.69, 9.17) is 0 Å². The first-order valence-electron chi connectivity index (χ1n) is 5.63. The molecule has 2 N–H and O–H groups in total. The van der Waals surface area contributed by atoms with Gasteiger partial charge in [-0.2, -0.15) is 0 Å². The molecule has 0 aromatic carbocycles. The number of aromatic nitrogens is 1. The van der Waals surface area contributed by atoms with Crippen LogP contribution in [0.15, 0.2) is 6.20 Å². The molecule has 0 saturated carbocycles. The molecule has 2 unspecified atom stereocenters. The van der Waals surface area contributed by atoms with Gasteiger partial charge in [0.15, 0.2) is 0 Å². The number of carbonyl (C=O) groups is 1. The van der Waals surface area contributed by atoms with E-state index in [9.17, 15) is 4.79 Å². The van der Waals surface area contributed by atoms with E-state index in [1.54, 1.807) is 6.20 Å². The number of nitrogens with zero attached hydrogens (tertiary/aromatic N) is 1. The number of hydrogen-bond donors (Lipinski definition) is 2. The number of rotatable bonds is 2. The number of nitrogens with one attached hydrogen (secondary N) is 2. The number of carbonyl (C=O) groups excluding carboxylic acids is 1. The minimum absolute atomic E-state index is 0.00569. The molecule has 0 bridgehead atoms. The Balaban J connectivity index is 1.96. The molecule has 1 amide bonds. The molecule has 1 aromatic rings. The lowest BCUT2D eigenvalue weighted by Gasteiger charge is -2.30. The van der Waals surface area contributed by atoms with E-state index < -0.39 is 0 Å². The fraction of sp³-hybridized carbons (Fsp3) is 0.636. The Morgan fingerprint density at radius 1 is 1.69 bits per heavy atom. The predicted octanol–water partition coefficient (Wildman–Crippen LogP) is 1.32. The summed E-state index contributed by atoms with van der Waals surface area (Å²) in [4.78, 5) is 16.7. The summed E-state index contributed by atoms with van der Waals surface area (Å²) in [5.74, 6) is 0.00569. The maximum atomic E-state index is 11.9. The van der Waals surface area contributed by atoms with Crippen LogP contribution in [-0.4, -0.2) is 29.5 Å². The summed E-state index contributed by atoms with van der Waals surface area (Å²) in [6.45, 7) is 5.07. The molecular weight excluding hydrogens is 222 g/mol. The van der Waals surface area contributed by atoms with E-state index in [1.165, 1.54) is 11.3 Å². The molecule has 1 fully saturated rings. The Morgan fingerprint density at radius 2 is 2.50 bits per heavy atom. The summed E-state index contributed by atoms with van der Waals surface area (Å²) in [6, 6.07) is 0.593. The molecule has 2 heterocycles. The lowest BCUT2D eigenvalue weighted by molar-refractivity contribution is 0.0924. The average molecular weight is 239 g/mol. The maximum Gasteiger partial charge on any atom is 0.263 e. The molecule has 2 atom stereocenters. The van der Waals surface area contributed by atoms with Crippen LogP contribution in [-0.2, 0) is 0 Å². The summed E-state index contributed by atoms with van der Waals surface area (Å²) < 4.78 is 0. The molecule has 2 rings (SSSR count). The first-order chi connectivity index (χ1) is 7.66. The Morgan fingerprint density at radius 3 is 3.12 bits per heavy atom. The van der Waals surface area contributed by atoms with Crippen LogP contribution in [0.3, 0.4) is 0 Å². The molecule has 4 nitrogen and oxygen atoms in total. The molecule has 0 radical (unpaired) electrons. The average Bonchev–Trinajstić information content (AvgIpc) is 2.68. The van der Waals surface area contributed by atoms with Crippen molar-refractivity contribution >= 4 is 17.2 Å². The third-order valence-electron chi connectivity index (χ3n) is 2.92. The summed E-state index contributed by atoms with van der Waals surface area (Å²) in [7, 11) is 0. The Hall–Kier alpha value is -0.940. The number of aryl methyl sites for hydroxylation is 1. The quantitative estimate of drug-likeness (QED) is 0.818. The van der Waals surface area contributed by atoms with Gasteiger partial charge in [0.1, 0.15) is 4.88 Å². The van der Waals surface area contributed by atoms with Crippen LogP contribution >= 0.6 is 11.3 Å². The fourth-order valence-electron chi connectivity index (χ4n) is 1.95. The topological polar surface area (TPSA) is 54.0 Å². The standard InChI is InChI=1S/C11H17N3OS/c1-7-9(4-3-5-12-7)14-11(15)10-6-13-8(2)16-10/h6-7,9,12H,3-5H2,1-2H3,(H,14,15). The lowest BCUT2D eigenvalue weighted by Crippen LogP contribution is -2.51. The zero-order valence-corrected chi connectivity index (χ0v) is 10.4. The lowest BCUT2D eigenvalue weighted by atomic mass is 10.00. The van der Waals surface area contributed by atoms with Crippen molar-refractivity contribution in [2.75, 3.05) is 6.54 Å². The van der Waals surface area contributed by atoms with Gasteiger partial charge in [-0.3, -0.25) is 4.79 Å². The number of thiazole rings is 1. The van der Waals surface area contributed by atoms with Gasteiger partial charge >= 0.3 is 0 Å². The van der Waals surface area contributed by atoms with Gasteiger partial charge in [0.05, 0.1) is 11.2 Å². The van der Waals surface area contributed by atoms with Crippen molar-refractivity contribution in [3.8, 4) is 0 Å². The fourth-order valence-corrected chi connectivity index (χ4v) is 2.63. The van der Waals surface area contributed by atoms with Gasteiger partial charge in [-0.25, -0.2) is 4.98 Å². The zero-order chi connectivity index (χ0) is 11.5. The van der Waals surface area contributed by atoms with Gasteiger partial charge < -0.3 is 10.6 Å². The van der Waals surface area contributed by atoms with E-state index in [1.807, 2.05) is 6.92 Å². The predicted molar refractivity (Wildman–Crippen MR) is 64.8 cm³/mol. The number of amides is 1. The highest BCUT2D eigenvalue weighted by molar-refractivity contribution is 7.13. The summed E-state index contributed by atoms with van der Waals surface area (Å²) in [5.41, 5.74) is 0. The van der Waals surface area contributed by atoms with Crippen molar-refractivity contribution in [3.05, 3.63) is 16.1 Å². The molecule has 1 aliphatic rings. The van der Waals surface area contributed by atoms with E-state index in [0.29, 0.717) is 10.9 Å². The third kappa shape index (κ3) is 2.59. The second-order valence-corrected chi connectivity index (χ2v) is 5.44.